The van der Waals surface area contributed by atoms with E-state index < -0.39 is 23.3 Å². The van der Waals surface area contributed by atoms with Crippen LogP contribution in [0.5, 0.6) is 0 Å². The summed E-state index contributed by atoms with van der Waals surface area (Å²) in [5, 5.41) is 3.29. The average Bonchev–Trinajstić information content (AvgIpc) is 2.58. The van der Waals surface area contributed by atoms with Crippen LogP contribution in [0, 0.1) is 0 Å². The number of carbonyl (C=O) groups is 1. The van der Waals surface area contributed by atoms with Crippen LogP contribution in [0.1, 0.15) is 21.6 Å². The largest absolute Gasteiger partial charge is 0.434 e. The summed E-state index contributed by atoms with van der Waals surface area (Å²) in [6.07, 6.45) is -3.43. The van der Waals surface area contributed by atoms with E-state index in [1.807, 2.05) is 0 Å². The molecule has 0 atom stereocenters. The second-order valence-electron chi connectivity index (χ2n) is 5.25. The quantitative estimate of drug-likeness (QED) is 0.755. The molecule has 3 rings (SSSR count). The summed E-state index contributed by atoms with van der Waals surface area (Å²) in [7, 11) is 0. The number of amides is 1. The zero-order chi connectivity index (χ0) is 18.0. The molecule has 128 valence electrons. The van der Waals surface area contributed by atoms with E-state index in [0.717, 1.165) is 6.07 Å². The van der Waals surface area contributed by atoms with E-state index in [-0.39, 0.29) is 12.2 Å². The van der Waals surface area contributed by atoms with Crippen molar-refractivity contribution in [3.05, 3.63) is 70.5 Å². The van der Waals surface area contributed by atoms with Gasteiger partial charge in [-0.05, 0) is 35.9 Å². The molecular formula is C17H11ClF3N3O. The van der Waals surface area contributed by atoms with Gasteiger partial charge in [0, 0.05) is 23.2 Å². The number of hydrogen-bond donors (Lipinski definition) is 1. The molecule has 8 heteroatoms. The lowest BCUT2D eigenvalue weighted by Crippen LogP contribution is -2.26. The first kappa shape index (κ1) is 17.2. The lowest BCUT2D eigenvalue weighted by Gasteiger charge is -2.13. The molecule has 0 fully saturated rings. The third-order valence-corrected chi connectivity index (χ3v) is 3.68. The van der Waals surface area contributed by atoms with Gasteiger partial charge in [-0.25, -0.2) is 9.97 Å². The van der Waals surface area contributed by atoms with Crippen LogP contribution in [0.4, 0.5) is 13.2 Å². The fraction of sp³-hybridized carbons (Fsp3) is 0.118. The standard InChI is InChI=1S/C17H11ClF3N3O/c18-12-5-1-3-10(7-12)9-23-16(25)13-8-11-4-2-6-22-15(11)24-14(13)17(19,20)21/h1-8H,9H2,(H,23,25). The Labute approximate surface area is 145 Å². The van der Waals surface area contributed by atoms with Crippen molar-refractivity contribution in [1.82, 2.24) is 15.3 Å². The number of alkyl halides is 3. The van der Waals surface area contributed by atoms with E-state index in [9.17, 15) is 18.0 Å². The number of nitrogens with zero attached hydrogens (tertiary/aromatic N) is 2. The highest BCUT2D eigenvalue weighted by atomic mass is 35.5. The minimum atomic E-state index is -4.77. The lowest BCUT2D eigenvalue weighted by atomic mass is 10.1. The Morgan fingerprint density at radius 2 is 1.96 bits per heavy atom. The maximum Gasteiger partial charge on any atom is 0.434 e. The molecule has 4 nitrogen and oxygen atoms in total. The number of carbonyl (C=O) groups excluding carboxylic acids is 1. The van der Waals surface area contributed by atoms with Gasteiger partial charge in [-0.2, -0.15) is 13.2 Å². The highest BCUT2D eigenvalue weighted by Crippen LogP contribution is 2.32. The van der Waals surface area contributed by atoms with E-state index in [4.69, 9.17) is 11.6 Å². The topological polar surface area (TPSA) is 54.9 Å². The van der Waals surface area contributed by atoms with Gasteiger partial charge in [0.15, 0.2) is 11.3 Å². The Morgan fingerprint density at radius 3 is 2.68 bits per heavy atom. The predicted octanol–water partition coefficient (Wildman–Crippen LogP) is 4.23. The number of benzene rings is 1. The smallest absolute Gasteiger partial charge is 0.348 e. The summed E-state index contributed by atoms with van der Waals surface area (Å²) in [4.78, 5) is 19.6. The minimum Gasteiger partial charge on any atom is -0.348 e. The van der Waals surface area contributed by atoms with Crippen LogP contribution in [-0.2, 0) is 12.7 Å². The van der Waals surface area contributed by atoms with E-state index in [2.05, 4.69) is 15.3 Å². The van der Waals surface area contributed by atoms with E-state index in [1.165, 1.54) is 6.20 Å². The molecule has 3 aromatic rings. The van der Waals surface area contributed by atoms with E-state index >= 15 is 0 Å². The van der Waals surface area contributed by atoms with E-state index in [0.29, 0.717) is 16.0 Å². The van der Waals surface area contributed by atoms with Crippen LogP contribution >= 0.6 is 11.6 Å². The second-order valence-corrected chi connectivity index (χ2v) is 5.68. The Kier molecular flexibility index (Phi) is 4.59. The number of nitrogens with one attached hydrogen (secondary N) is 1. The first-order valence-corrected chi connectivity index (χ1v) is 7.58. The van der Waals surface area contributed by atoms with Crippen molar-refractivity contribution in [3.63, 3.8) is 0 Å². The first-order valence-electron chi connectivity index (χ1n) is 7.20. The Balaban J connectivity index is 1.94. The van der Waals surface area contributed by atoms with Crippen molar-refractivity contribution in [2.24, 2.45) is 0 Å². The summed E-state index contributed by atoms with van der Waals surface area (Å²) in [6, 6.07) is 10.9. The summed E-state index contributed by atoms with van der Waals surface area (Å²) < 4.78 is 39.8. The molecular weight excluding hydrogens is 355 g/mol. The third-order valence-electron chi connectivity index (χ3n) is 3.44. The summed E-state index contributed by atoms with van der Waals surface area (Å²) in [6.45, 7) is 0.0434. The van der Waals surface area contributed by atoms with Gasteiger partial charge < -0.3 is 5.32 Å². The van der Waals surface area contributed by atoms with Gasteiger partial charge in [0.25, 0.3) is 5.91 Å². The van der Waals surface area contributed by atoms with Crippen LogP contribution in [0.15, 0.2) is 48.7 Å². The summed E-state index contributed by atoms with van der Waals surface area (Å²) in [5.41, 5.74) is -1.21. The Bertz CT molecular complexity index is 944. The first-order chi connectivity index (χ1) is 11.8. The van der Waals surface area contributed by atoms with Crippen molar-refractivity contribution in [3.8, 4) is 0 Å². The van der Waals surface area contributed by atoms with Crippen LogP contribution in [0.2, 0.25) is 5.02 Å². The summed E-state index contributed by atoms with van der Waals surface area (Å²) in [5.74, 6) is -0.870. The predicted molar refractivity (Wildman–Crippen MR) is 87.2 cm³/mol. The molecule has 0 unspecified atom stereocenters. The monoisotopic (exact) mass is 365 g/mol. The highest BCUT2D eigenvalue weighted by molar-refractivity contribution is 6.30. The molecule has 0 saturated carbocycles. The van der Waals surface area contributed by atoms with Gasteiger partial charge in [0.2, 0.25) is 0 Å². The molecule has 25 heavy (non-hydrogen) atoms. The van der Waals surface area contributed by atoms with Gasteiger partial charge >= 0.3 is 6.18 Å². The maximum absolute atomic E-state index is 13.3. The maximum atomic E-state index is 13.3. The third kappa shape index (κ3) is 3.88. The molecule has 0 saturated heterocycles. The Morgan fingerprint density at radius 1 is 1.16 bits per heavy atom. The number of fused-ring (bicyclic) bond motifs is 1. The molecule has 0 radical (unpaired) electrons. The summed E-state index contributed by atoms with van der Waals surface area (Å²) >= 11 is 5.85. The Hall–Kier alpha value is -2.67. The molecule has 0 spiro atoms. The van der Waals surface area contributed by atoms with Crippen molar-refractivity contribution >= 4 is 28.5 Å². The van der Waals surface area contributed by atoms with Crippen molar-refractivity contribution < 1.29 is 18.0 Å². The van der Waals surface area contributed by atoms with Crippen molar-refractivity contribution in [2.45, 2.75) is 12.7 Å². The van der Waals surface area contributed by atoms with Gasteiger partial charge in [0.1, 0.15) is 0 Å². The van der Waals surface area contributed by atoms with Gasteiger partial charge in [-0.15, -0.1) is 0 Å². The van der Waals surface area contributed by atoms with Crippen LogP contribution in [0.3, 0.4) is 0 Å². The van der Waals surface area contributed by atoms with Gasteiger partial charge in [0.05, 0.1) is 5.56 Å². The number of halogens is 4. The highest BCUT2D eigenvalue weighted by Gasteiger charge is 2.37. The van der Waals surface area contributed by atoms with Gasteiger partial charge in [-0.1, -0.05) is 23.7 Å². The normalized spacial score (nSPS) is 11.5. The molecule has 1 aromatic carbocycles. The molecule has 2 aromatic heterocycles. The zero-order valence-corrected chi connectivity index (χ0v) is 13.4. The molecule has 0 bridgehead atoms. The number of aromatic nitrogens is 2. The molecule has 0 aliphatic carbocycles. The van der Waals surface area contributed by atoms with E-state index in [1.54, 1.807) is 36.4 Å². The average molecular weight is 366 g/mol. The second kappa shape index (κ2) is 6.68. The zero-order valence-electron chi connectivity index (χ0n) is 12.6. The van der Waals surface area contributed by atoms with Crippen LogP contribution in [-0.4, -0.2) is 15.9 Å². The van der Waals surface area contributed by atoms with Crippen molar-refractivity contribution in [1.29, 1.82) is 0 Å². The van der Waals surface area contributed by atoms with Crippen molar-refractivity contribution in [2.75, 3.05) is 0 Å². The molecule has 0 aliphatic rings. The van der Waals surface area contributed by atoms with Gasteiger partial charge in [-0.3, -0.25) is 4.79 Å². The fourth-order valence-corrected chi connectivity index (χ4v) is 2.53. The number of pyridine rings is 2. The number of rotatable bonds is 3. The molecule has 0 aliphatic heterocycles. The van der Waals surface area contributed by atoms with Crippen LogP contribution < -0.4 is 5.32 Å². The number of hydrogen-bond acceptors (Lipinski definition) is 3. The minimum absolute atomic E-state index is 0.0434. The fourth-order valence-electron chi connectivity index (χ4n) is 2.32. The SMILES string of the molecule is O=C(NCc1cccc(Cl)c1)c1cc2cccnc2nc1C(F)(F)F. The molecule has 1 amide bonds. The lowest BCUT2D eigenvalue weighted by molar-refractivity contribution is -0.141. The van der Waals surface area contributed by atoms with Crippen LogP contribution in [0.25, 0.3) is 11.0 Å². The molecule has 2 heterocycles. The molecule has 1 N–H and O–H groups in total.